The largest absolute Gasteiger partial charge is 0.371 e. The minimum Gasteiger partial charge on any atom is -0.371 e. The van der Waals surface area contributed by atoms with Crippen molar-refractivity contribution < 1.29 is 9.59 Å². The molecule has 0 bridgehead atoms. The Kier molecular flexibility index (Phi) is 4.47. The second kappa shape index (κ2) is 6.32. The summed E-state index contributed by atoms with van der Waals surface area (Å²) >= 11 is 0. The molecule has 6 nitrogen and oxygen atoms in total. The van der Waals surface area contributed by atoms with Crippen molar-refractivity contribution in [1.82, 2.24) is 14.8 Å². The van der Waals surface area contributed by atoms with Crippen LogP contribution in [0.25, 0.3) is 0 Å². The molecule has 3 amide bonds. The predicted molar refractivity (Wildman–Crippen MR) is 97.6 cm³/mol. The first-order chi connectivity index (χ1) is 11.7. The Hall–Kier alpha value is -2.11. The summed E-state index contributed by atoms with van der Waals surface area (Å²) in [7, 11) is 1.61. The van der Waals surface area contributed by atoms with Gasteiger partial charge in [0.25, 0.3) is 5.91 Å². The minimum atomic E-state index is -0.663. The number of nitrogens with zero attached hydrogens (tertiary/aromatic N) is 4. The molecule has 1 aromatic rings. The molecule has 2 saturated heterocycles. The molecule has 0 N–H and O–H groups in total. The summed E-state index contributed by atoms with van der Waals surface area (Å²) in [5.74, 6) is 0.295. The standard InChI is InChI=1S/C19H28N4O2/c1-13(2)12-23-18(25)21(5)17(24)19(23)6-8-22(9-7-19)16-10-14(3)20-15(4)11-16/h10-11,13H,6-9,12H2,1-5H3. The Morgan fingerprint density at radius 2 is 1.68 bits per heavy atom. The monoisotopic (exact) mass is 344 g/mol. The van der Waals surface area contributed by atoms with E-state index in [1.54, 1.807) is 7.05 Å². The van der Waals surface area contributed by atoms with Crippen molar-refractivity contribution in [2.75, 3.05) is 31.6 Å². The Morgan fingerprint density at radius 1 is 1.12 bits per heavy atom. The minimum absolute atomic E-state index is 0.0418. The lowest BCUT2D eigenvalue weighted by Gasteiger charge is -2.43. The lowest BCUT2D eigenvalue weighted by molar-refractivity contribution is -0.133. The zero-order valence-electron chi connectivity index (χ0n) is 15.9. The molecule has 3 heterocycles. The van der Waals surface area contributed by atoms with Gasteiger partial charge in [0.05, 0.1) is 0 Å². The SMILES string of the molecule is Cc1cc(N2CCC3(CC2)C(=O)N(C)C(=O)N3CC(C)C)cc(C)n1. The van der Waals surface area contributed by atoms with Gasteiger partial charge in [0.2, 0.25) is 0 Å². The molecule has 1 spiro atoms. The molecular weight excluding hydrogens is 316 g/mol. The zero-order valence-corrected chi connectivity index (χ0v) is 15.9. The van der Waals surface area contributed by atoms with E-state index in [1.165, 1.54) is 4.90 Å². The maximum absolute atomic E-state index is 12.9. The number of carbonyl (C=O) groups is 2. The maximum atomic E-state index is 12.9. The smallest absolute Gasteiger partial charge is 0.327 e. The number of anilines is 1. The second-order valence-corrected chi connectivity index (χ2v) is 7.78. The number of piperidine rings is 1. The summed E-state index contributed by atoms with van der Waals surface area (Å²) in [6.45, 7) is 10.3. The Bertz CT molecular complexity index is 672. The Labute approximate surface area is 149 Å². The van der Waals surface area contributed by atoms with Crippen LogP contribution in [0.3, 0.4) is 0 Å². The van der Waals surface area contributed by atoms with Gasteiger partial charge in [0.1, 0.15) is 5.54 Å². The molecule has 2 aliphatic rings. The van der Waals surface area contributed by atoms with Crippen LogP contribution in [0.5, 0.6) is 0 Å². The molecule has 0 radical (unpaired) electrons. The van der Waals surface area contributed by atoms with Gasteiger partial charge in [-0.15, -0.1) is 0 Å². The normalized spacial score (nSPS) is 20.3. The van der Waals surface area contributed by atoms with Crippen LogP contribution in [-0.2, 0) is 4.79 Å². The molecule has 25 heavy (non-hydrogen) atoms. The number of imide groups is 1. The Morgan fingerprint density at radius 3 is 2.20 bits per heavy atom. The van der Waals surface area contributed by atoms with Crippen molar-refractivity contribution in [1.29, 1.82) is 0 Å². The van der Waals surface area contributed by atoms with E-state index in [0.717, 1.165) is 30.2 Å². The number of aromatic nitrogens is 1. The number of hydrogen-bond donors (Lipinski definition) is 0. The van der Waals surface area contributed by atoms with E-state index in [-0.39, 0.29) is 11.9 Å². The third-order valence-electron chi connectivity index (χ3n) is 5.31. The van der Waals surface area contributed by atoms with Gasteiger partial charge in [0.15, 0.2) is 0 Å². The van der Waals surface area contributed by atoms with Crippen LogP contribution in [0.15, 0.2) is 12.1 Å². The fraction of sp³-hybridized carbons (Fsp3) is 0.632. The van der Waals surface area contributed by atoms with Crippen LogP contribution in [0, 0.1) is 19.8 Å². The third-order valence-corrected chi connectivity index (χ3v) is 5.31. The quantitative estimate of drug-likeness (QED) is 0.791. The topological polar surface area (TPSA) is 56.8 Å². The average Bonchev–Trinajstić information content (AvgIpc) is 2.71. The molecular formula is C19H28N4O2. The van der Waals surface area contributed by atoms with Gasteiger partial charge in [-0.3, -0.25) is 14.7 Å². The van der Waals surface area contributed by atoms with Crippen LogP contribution < -0.4 is 4.90 Å². The van der Waals surface area contributed by atoms with E-state index < -0.39 is 5.54 Å². The zero-order chi connectivity index (χ0) is 18.4. The van der Waals surface area contributed by atoms with E-state index in [1.807, 2.05) is 18.7 Å². The van der Waals surface area contributed by atoms with E-state index in [4.69, 9.17) is 0 Å². The van der Waals surface area contributed by atoms with Crippen LogP contribution in [0.2, 0.25) is 0 Å². The van der Waals surface area contributed by atoms with E-state index in [2.05, 4.69) is 35.9 Å². The lowest BCUT2D eigenvalue weighted by atomic mass is 9.85. The van der Waals surface area contributed by atoms with Gasteiger partial charge in [0, 0.05) is 43.8 Å². The van der Waals surface area contributed by atoms with Gasteiger partial charge in [-0.25, -0.2) is 4.79 Å². The van der Waals surface area contributed by atoms with Gasteiger partial charge in [-0.1, -0.05) is 13.8 Å². The van der Waals surface area contributed by atoms with Crippen LogP contribution >= 0.6 is 0 Å². The Balaban J connectivity index is 1.83. The van der Waals surface area contributed by atoms with E-state index >= 15 is 0 Å². The van der Waals surface area contributed by atoms with E-state index in [9.17, 15) is 9.59 Å². The highest BCUT2D eigenvalue weighted by Gasteiger charge is 2.56. The van der Waals surface area contributed by atoms with Gasteiger partial charge in [-0.2, -0.15) is 0 Å². The maximum Gasteiger partial charge on any atom is 0.327 e. The first-order valence-corrected chi connectivity index (χ1v) is 9.04. The number of hydrogen-bond acceptors (Lipinski definition) is 4. The predicted octanol–water partition coefficient (Wildman–Crippen LogP) is 2.59. The number of pyridine rings is 1. The van der Waals surface area contributed by atoms with Crippen molar-refractivity contribution in [2.24, 2.45) is 5.92 Å². The number of carbonyl (C=O) groups excluding carboxylic acids is 2. The molecule has 0 aliphatic carbocycles. The fourth-order valence-corrected chi connectivity index (χ4v) is 4.11. The van der Waals surface area contributed by atoms with Crippen molar-refractivity contribution in [3.8, 4) is 0 Å². The molecule has 1 aromatic heterocycles. The summed E-state index contributed by atoms with van der Waals surface area (Å²) in [4.78, 5) is 35.3. The van der Waals surface area contributed by atoms with Crippen molar-refractivity contribution >= 4 is 17.6 Å². The highest BCUT2D eigenvalue weighted by molar-refractivity contribution is 6.07. The lowest BCUT2D eigenvalue weighted by Crippen LogP contribution is -2.57. The van der Waals surface area contributed by atoms with Crippen molar-refractivity contribution in [3.05, 3.63) is 23.5 Å². The summed E-state index contributed by atoms with van der Waals surface area (Å²) in [6.07, 6.45) is 1.35. The third kappa shape index (κ3) is 2.98. The molecule has 0 aromatic carbocycles. The van der Waals surface area contributed by atoms with Crippen LogP contribution in [-0.4, -0.2) is 58.9 Å². The molecule has 2 aliphatic heterocycles. The highest BCUT2D eigenvalue weighted by Crippen LogP contribution is 2.38. The molecule has 3 rings (SSSR count). The van der Waals surface area contributed by atoms with Gasteiger partial charge in [-0.05, 0) is 44.7 Å². The fourth-order valence-electron chi connectivity index (χ4n) is 4.11. The second-order valence-electron chi connectivity index (χ2n) is 7.78. The van der Waals surface area contributed by atoms with Crippen LogP contribution in [0.1, 0.15) is 38.1 Å². The van der Waals surface area contributed by atoms with Crippen LogP contribution in [0.4, 0.5) is 10.5 Å². The average molecular weight is 344 g/mol. The summed E-state index contributed by atoms with van der Waals surface area (Å²) < 4.78 is 0. The van der Waals surface area contributed by atoms with E-state index in [0.29, 0.717) is 25.3 Å². The van der Waals surface area contributed by atoms with Gasteiger partial charge >= 0.3 is 6.03 Å². The summed E-state index contributed by atoms with van der Waals surface area (Å²) in [6, 6.07) is 4.03. The molecule has 6 heteroatoms. The number of likely N-dealkylation sites (N-methyl/N-ethyl adjacent to an activating group) is 1. The highest BCUT2D eigenvalue weighted by atomic mass is 16.2. The number of rotatable bonds is 3. The van der Waals surface area contributed by atoms with Crippen molar-refractivity contribution in [2.45, 2.75) is 46.1 Å². The van der Waals surface area contributed by atoms with Crippen molar-refractivity contribution in [3.63, 3.8) is 0 Å². The summed E-state index contributed by atoms with van der Waals surface area (Å²) in [5, 5.41) is 0. The first-order valence-electron chi connectivity index (χ1n) is 9.04. The first kappa shape index (κ1) is 17.7. The number of aryl methyl sites for hydroxylation is 2. The molecule has 2 fully saturated rings. The molecule has 136 valence electrons. The number of amides is 3. The molecule has 0 unspecified atom stereocenters. The molecule has 0 atom stereocenters. The molecule has 0 saturated carbocycles. The number of urea groups is 1. The van der Waals surface area contributed by atoms with Gasteiger partial charge < -0.3 is 9.80 Å². The summed E-state index contributed by atoms with van der Waals surface area (Å²) in [5.41, 5.74) is 2.50.